The molecule has 8 nitrogen and oxygen atoms in total. The molecule has 0 spiro atoms. The van der Waals surface area contributed by atoms with Crippen LogP contribution in [0.15, 0.2) is 23.8 Å². The van der Waals surface area contributed by atoms with Gasteiger partial charge in [-0.2, -0.15) is 0 Å². The Hall–Kier alpha value is -2.97. The zero-order valence-electron chi connectivity index (χ0n) is 13.6. The molecule has 0 fully saturated rings. The monoisotopic (exact) mass is 353 g/mol. The quantitative estimate of drug-likeness (QED) is 0.190. The van der Waals surface area contributed by atoms with Crippen LogP contribution in [0.4, 0.5) is 4.39 Å². The van der Waals surface area contributed by atoms with Gasteiger partial charge in [0.05, 0.1) is 26.7 Å². The largest absolute Gasteiger partial charge is 0.493 e. The van der Waals surface area contributed by atoms with E-state index in [0.717, 1.165) is 26.4 Å². The maximum Gasteiger partial charge on any atom is 0.344 e. The first-order valence-electron chi connectivity index (χ1n) is 7.32. The van der Waals surface area contributed by atoms with E-state index in [4.69, 9.17) is 4.74 Å². The van der Waals surface area contributed by atoms with Crippen molar-refractivity contribution in [2.75, 3.05) is 27.4 Å². The maximum atomic E-state index is 14.4. The lowest BCUT2D eigenvalue weighted by Crippen LogP contribution is -2.20. The number of hydrogen-bond acceptors (Lipinski definition) is 7. The first kappa shape index (κ1) is 18.4. The highest BCUT2D eigenvalue weighted by Gasteiger charge is 2.28. The summed E-state index contributed by atoms with van der Waals surface area (Å²) in [5.74, 6) is -3.55. The van der Waals surface area contributed by atoms with E-state index in [1.165, 1.54) is 6.07 Å². The Morgan fingerprint density at radius 2 is 2.00 bits per heavy atom. The number of benzene rings is 1. The number of nitro groups is 1. The van der Waals surface area contributed by atoms with Crippen LogP contribution >= 0.6 is 0 Å². The lowest BCUT2D eigenvalue weighted by Gasteiger charge is -2.13. The van der Waals surface area contributed by atoms with Gasteiger partial charge >= 0.3 is 11.9 Å². The zero-order chi connectivity index (χ0) is 18.6. The molecule has 1 atom stereocenters. The van der Waals surface area contributed by atoms with Crippen molar-refractivity contribution < 1.29 is 33.1 Å². The number of methoxy groups -OCH3 is 2. The summed E-state index contributed by atoms with van der Waals surface area (Å²) in [5, 5.41) is 11.0. The number of rotatable bonds is 6. The molecule has 9 heteroatoms. The van der Waals surface area contributed by atoms with E-state index in [1.54, 1.807) is 0 Å². The highest BCUT2D eigenvalue weighted by Crippen LogP contribution is 2.32. The molecule has 1 heterocycles. The van der Waals surface area contributed by atoms with Crippen LogP contribution in [0.5, 0.6) is 5.75 Å². The van der Waals surface area contributed by atoms with Crippen molar-refractivity contribution in [2.24, 2.45) is 0 Å². The minimum absolute atomic E-state index is 0.00810. The summed E-state index contributed by atoms with van der Waals surface area (Å²) in [4.78, 5) is 33.9. The molecular formula is C16H16FNO7. The average Bonchev–Trinajstić information content (AvgIpc) is 3.03. The van der Waals surface area contributed by atoms with Gasteiger partial charge in [0.2, 0.25) is 6.54 Å². The smallest absolute Gasteiger partial charge is 0.344 e. The SMILES string of the molecule is COC(=O)C(=CC(C[N+](=O)[O-])c1cc2c(cc1F)OCC2)C(=O)OC. The molecule has 2 rings (SSSR count). The van der Waals surface area contributed by atoms with Crippen LogP contribution < -0.4 is 4.74 Å². The summed E-state index contributed by atoms with van der Waals surface area (Å²) in [6.45, 7) is -0.322. The summed E-state index contributed by atoms with van der Waals surface area (Å²) >= 11 is 0. The molecule has 0 N–H and O–H groups in total. The van der Waals surface area contributed by atoms with Gasteiger partial charge in [-0.25, -0.2) is 14.0 Å². The Morgan fingerprint density at radius 1 is 1.36 bits per heavy atom. The second-order valence-electron chi connectivity index (χ2n) is 5.27. The predicted octanol–water partition coefficient (Wildman–Crippen LogP) is 1.39. The van der Waals surface area contributed by atoms with Crippen molar-refractivity contribution in [3.8, 4) is 5.75 Å². The molecule has 1 aliphatic heterocycles. The number of halogens is 1. The van der Waals surface area contributed by atoms with E-state index in [-0.39, 0.29) is 5.56 Å². The summed E-state index contributed by atoms with van der Waals surface area (Å²) in [6.07, 6.45) is 1.54. The molecule has 0 saturated heterocycles. The number of ether oxygens (including phenoxy) is 3. The van der Waals surface area contributed by atoms with Gasteiger partial charge in [0.15, 0.2) is 0 Å². The normalized spacial score (nSPS) is 13.2. The van der Waals surface area contributed by atoms with E-state index in [9.17, 15) is 24.1 Å². The van der Waals surface area contributed by atoms with Crippen molar-refractivity contribution in [2.45, 2.75) is 12.3 Å². The molecule has 0 radical (unpaired) electrons. The first-order valence-corrected chi connectivity index (χ1v) is 7.32. The summed E-state index contributed by atoms with van der Waals surface area (Å²) in [7, 11) is 2.10. The topological polar surface area (TPSA) is 105 Å². The van der Waals surface area contributed by atoms with Crippen molar-refractivity contribution in [3.05, 3.63) is 50.8 Å². The molecule has 1 aliphatic rings. The predicted molar refractivity (Wildman–Crippen MR) is 82.3 cm³/mol. The zero-order valence-corrected chi connectivity index (χ0v) is 13.6. The molecule has 25 heavy (non-hydrogen) atoms. The maximum absolute atomic E-state index is 14.4. The average molecular weight is 353 g/mol. The Bertz CT molecular complexity index is 726. The summed E-state index contributed by atoms with van der Waals surface area (Å²) in [6, 6.07) is 2.60. The first-order chi connectivity index (χ1) is 11.9. The molecule has 0 aliphatic carbocycles. The Labute approximate surface area is 142 Å². The van der Waals surface area contributed by atoms with Crippen LogP contribution in [0, 0.1) is 15.9 Å². The molecule has 1 aromatic carbocycles. The van der Waals surface area contributed by atoms with Crippen LogP contribution in [-0.2, 0) is 25.5 Å². The van der Waals surface area contributed by atoms with Crippen LogP contribution in [0.2, 0.25) is 0 Å². The van der Waals surface area contributed by atoms with E-state index >= 15 is 0 Å². The molecule has 0 amide bonds. The lowest BCUT2D eigenvalue weighted by molar-refractivity contribution is -0.481. The number of carbonyl (C=O) groups is 2. The third kappa shape index (κ3) is 4.11. The Balaban J connectivity index is 2.52. The summed E-state index contributed by atoms with van der Waals surface area (Å²) in [5.41, 5.74) is 0.162. The van der Waals surface area contributed by atoms with Crippen molar-refractivity contribution in [3.63, 3.8) is 0 Å². The van der Waals surface area contributed by atoms with Crippen LogP contribution in [0.3, 0.4) is 0 Å². The highest BCUT2D eigenvalue weighted by molar-refractivity contribution is 6.14. The second kappa shape index (κ2) is 7.73. The summed E-state index contributed by atoms with van der Waals surface area (Å²) < 4.78 is 28.6. The van der Waals surface area contributed by atoms with E-state index in [0.29, 0.717) is 24.3 Å². The molecule has 0 bridgehead atoms. The number of nitrogens with zero attached hydrogens (tertiary/aromatic N) is 1. The second-order valence-corrected chi connectivity index (χ2v) is 5.27. The van der Waals surface area contributed by atoms with Crippen molar-refractivity contribution in [1.29, 1.82) is 0 Å². The van der Waals surface area contributed by atoms with E-state index < -0.39 is 40.7 Å². The minimum Gasteiger partial charge on any atom is -0.493 e. The van der Waals surface area contributed by atoms with Gasteiger partial charge < -0.3 is 14.2 Å². The van der Waals surface area contributed by atoms with Gasteiger partial charge in [0.1, 0.15) is 17.1 Å². The number of carbonyl (C=O) groups excluding carboxylic acids is 2. The third-order valence-electron chi connectivity index (χ3n) is 3.73. The van der Waals surface area contributed by atoms with Gasteiger partial charge in [-0.15, -0.1) is 0 Å². The van der Waals surface area contributed by atoms with Gasteiger partial charge in [0, 0.05) is 23.0 Å². The third-order valence-corrected chi connectivity index (χ3v) is 3.73. The molecule has 134 valence electrons. The van der Waals surface area contributed by atoms with Gasteiger partial charge in [0.25, 0.3) is 0 Å². The number of fused-ring (bicyclic) bond motifs is 1. The van der Waals surface area contributed by atoms with Gasteiger partial charge in [-0.3, -0.25) is 10.1 Å². The molecule has 1 unspecified atom stereocenters. The van der Waals surface area contributed by atoms with Crippen molar-refractivity contribution >= 4 is 11.9 Å². The van der Waals surface area contributed by atoms with Crippen LogP contribution in [-0.4, -0.2) is 44.2 Å². The Morgan fingerprint density at radius 3 is 2.56 bits per heavy atom. The lowest BCUT2D eigenvalue weighted by atomic mass is 9.93. The van der Waals surface area contributed by atoms with E-state index in [1.807, 2.05) is 0 Å². The number of hydrogen-bond donors (Lipinski definition) is 0. The molecule has 1 aromatic rings. The standard InChI is InChI=1S/C16H16FNO7/c1-23-15(19)12(16(20)24-2)6-10(8-18(21)22)11-5-9-3-4-25-14(9)7-13(11)17/h5-7,10H,3-4,8H2,1-2H3. The van der Waals surface area contributed by atoms with Crippen molar-refractivity contribution in [1.82, 2.24) is 0 Å². The fourth-order valence-electron chi connectivity index (χ4n) is 2.55. The molecule has 0 saturated carbocycles. The highest BCUT2D eigenvalue weighted by atomic mass is 19.1. The van der Waals surface area contributed by atoms with Gasteiger partial charge in [-0.1, -0.05) is 0 Å². The number of esters is 2. The van der Waals surface area contributed by atoms with Crippen LogP contribution in [0.25, 0.3) is 0 Å². The minimum atomic E-state index is -1.16. The fraction of sp³-hybridized carbons (Fsp3) is 0.375. The van der Waals surface area contributed by atoms with Gasteiger partial charge in [-0.05, 0) is 17.7 Å². The molecule has 0 aromatic heterocycles. The Kier molecular flexibility index (Phi) is 5.68. The van der Waals surface area contributed by atoms with Crippen LogP contribution in [0.1, 0.15) is 17.0 Å². The molecular weight excluding hydrogens is 337 g/mol. The van der Waals surface area contributed by atoms with E-state index in [2.05, 4.69) is 9.47 Å². The fourth-order valence-corrected chi connectivity index (χ4v) is 2.55.